The van der Waals surface area contributed by atoms with E-state index in [-0.39, 0.29) is 22.0 Å². The second-order valence-corrected chi connectivity index (χ2v) is 4.66. The first-order valence-electron chi connectivity index (χ1n) is 5.85. The molecule has 0 aliphatic heterocycles. The Morgan fingerprint density at radius 3 is 2.62 bits per heavy atom. The minimum absolute atomic E-state index is 0.000474. The highest BCUT2D eigenvalue weighted by atomic mass is 35.5. The lowest BCUT2D eigenvalue weighted by Crippen LogP contribution is -2.15. The normalized spacial score (nSPS) is 10.2. The van der Waals surface area contributed by atoms with Gasteiger partial charge in [-0.25, -0.2) is 14.2 Å². The van der Waals surface area contributed by atoms with Crippen LogP contribution in [0.4, 0.5) is 10.1 Å². The molecule has 2 N–H and O–H groups in total. The minimum Gasteiger partial charge on any atom is -0.478 e. The molecule has 0 atom stereocenters. The maximum atomic E-state index is 13.1. The van der Waals surface area contributed by atoms with Crippen LogP contribution in [0.5, 0.6) is 0 Å². The summed E-state index contributed by atoms with van der Waals surface area (Å²) < 4.78 is 13.1. The fourth-order valence-corrected chi connectivity index (χ4v) is 2.01. The van der Waals surface area contributed by atoms with Crippen molar-refractivity contribution in [2.24, 2.45) is 0 Å². The molecule has 108 valence electrons. The Labute approximate surface area is 124 Å². The second-order valence-electron chi connectivity index (χ2n) is 4.27. The van der Waals surface area contributed by atoms with Crippen LogP contribution in [0.2, 0.25) is 5.15 Å². The van der Waals surface area contributed by atoms with Crippen LogP contribution in [0.25, 0.3) is 0 Å². The monoisotopic (exact) mass is 308 g/mol. The van der Waals surface area contributed by atoms with Crippen LogP contribution in [0, 0.1) is 12.7 Å². The molecule has 2 rings (SSSR count). The summed E-state index contributed by atoms with van der Waals surface area (Å²) in [5.41, 5.74) is 0.443. The molecule has 0 unspecified atom stereocenters. The minimum atomic E-state index is -1.34. The average Bonchev–Trinajstić information content (AvgIpc) is 2.39. The summed E-state index contributed by atoms with van der Waals surface area (Å²) in [6, 6.07) is 5.95. The van der Waals surface area contributed by atoms with Crippen LogP contribution in [0.1, 0.15) is 26.4 Å². The molecule has 7 heteroatoms. The number of halogens is 2. The maximum absolute atomic E-state index is 13.1. The lowest BCUT2D eigenvalue weighted by Gasteiger charge is -2.09. The summed E-state index contributed by atoms with van der Waals surface area (Å²) in [6.45, 7) is 1.67. The Hall–Kier alpha value is -2.47. The quantitative estimate of drug-likeness (QED) is 0.854. The van der Waals surface area contributed by atoms with Gasteiger partial charge in [-0.2, -0.15) is 0 Å². The lowest BCUT2D eigenvalue weighted by molar-refractivity contribution is 0.0697. The molecular formula is C14H10ClFN2O3. The third kappa shape index (κ3) is 3.55. The number of amides is 1. The molecule has 5 nitrogen and oxygen atoms in total. The summed E-state index contributed by atoms with van der Waals surface area (Å²) in [5, 5.41) is 11.6. The van der Waals surface area contributed by atoms with Gasteiger partial charge in [0.2, 0.25) is 0 Å². The molecule has 0 radical (unpaired) electrons. The van der Waals surface area contributed by atoms with Gasteiger partial charge in [0.25, 0.3) is 5.91 Å². The number of carboxylic acid groups (broad SMARTS) is 1. The lowest BCUT2D eigenvalue weighted by atomic mass is 10.1. The predicted octanol–water partition coefficient (Wildman–Crippen LogP) is 3.13. The summed E-state index contributed by atoms with van der Waals surface area (Å²) in [7, 11) is 0. The Morgan fingerprint density at radius 1 is 1.29 bits per heavy atom. The zero-order valence-electron chi connectivity index (χ0n) is 10.9. The highest BCUT2D eigenvalue weighted by Gasteiger charge is 2.15. The third-order valence-electron chi connectivity index (χ3n) is 2.64. The number of nitrogens with one attached hydrogen (secondary N) is 1. The van der Waals surface area contributed by atoms with Crippen molar-refractivity contribution >= 4 is 29.2 Å². The molecule has 0 bridgehead atoms. The van der Waals surface area contributed by atoms with E-state index in [4.69, 9.17) is 16.7 Å². The molecule has 0 aliphatic rings. The molecular weight excluding hydrogens is 299 g/mol. The number of hydrogen-bond acceptors (Lipinski definition) is 3. The molecule has 0 spiro atoms. The first-order chi connectivity index (χ1) is 9.86. The first kappa shape index (κ1) is 14.9. The molecule has 2 aromatic rings. The summed E-state index contributed by atoms with van der Waals surface area (Å²) in [5.74, 6) is -2.60. The topological polar surface area (TPSA) is 79.3 Å². The van der Waals surface area contributed by atoms with Gasteiger partial charge >= 0.3 is 5.97 Å². The number of pyridine rings is 1. The van der Waals surface area contributed by atoms with Gasteiger partial charge in [-0.1, -0.05) is 11.6 Å². The number of carbonyl (C=O) groups excluding carboxylic acids is 1. The second kappa shape index (κ2) is 5.88. The van der Waals surface area contributed by atoms with Crippen molar-refractivity contribution in [3.05, 3.63) is 58.1 Å². The van der Waals surface area contributed by atoms with Gasteiger partial charge in [0.15, 0.2) is 0 Å². The smallest absolute Gasteiger partial charge is 0.337 e. The Balaban J connectivity index is 2.33. The van der Waals surface area contributed by atoms with Crippen molar-refractivity contribution in [3.8, 4) is 0 Å². The highest BCUT2D eigenvalue weighted by Crippen LogP contribution is 2.19. The number of carboxylic acids is 1. The fourth-order valence-electron chi connectivity index (χ4n) is 1.76. The number of aryl methyl sites for hydroxylation is 1. The standard InChI is InChI=1S/C14H10ClFN2O3/c1-7-4-8(5-12(15)17-7)13(19)18-11-3-2-9(16)6-10(11)14(20)21/h2-6H,1H3,(H,18,19)(H,20,21). The number of anilines is 1. The zero-order valence-corrected chi connectivity index (χ0v) is 11.6. The fraction of sp³-hybridized carbons (Fsp3) is 0.0714. The molecule has 1 heterocycles. The van der Waals surface area contributed by atoms with Crippen molar-refractivity contribution in [1.29, 1.82) is 0 Å². The van der Waals surface area contributed by atoms with Gasteiger partial charge in [0, 0.05) is 11.3 Å². The molecule has 1 amide bonds. The van der Waals surface area contributed by atoms with Crippen LogP contribution < -0.4 is 5.32 Å². The van der Waals surface area contributed by atoms with Crippen LogP contribution in [0.15, 0.2) is 30.3 Å². The van der Waals surface area contributed by atoms with E-state index in [2.05, 4.69) is 10.3 Å². The van der Waals surface area contributed by atoms with E-state index < -0.39 is 17.7 Å². The van der Waals surface area contributed by atoms with Gasteiger partial charge in [-0.05, 0) is 37.3 Å². The molecule has 0 saturated heterocycles. The summed E-state index contributed by atoms with van der Waals surface area (Å²) >= 11 is 5.76. The highest BCUT2D eigenvalue weighted by molar-refractivity contribution is 6.29. The van der Waals surface area contributed by atoms with Gasteiger partial charge in [-0.3, -0.25) is 4.79 Å². The van der Waals surface area contributed by atoms with Crippen molar-refractivity contribution in [1.82, 2.24) is 4.98 Å². The zero-order chi connectivity index (χ0) is 15.6. The number of aromatic nitrogens is 1. The van der Waals surface area contributed by atoms with Gasteiger partial charge in [0.05, 0.1) is 11.3 Å². The van der Waals surface area contributed by atoms with E-state index in [1.807, 2.05) is 0 Å². The van der Waals surface area contributed by atoms with Gasteiger partial charge in [-0.15, -0.1) is 0 Å². The molecule has 1 aromatic heterocycles. The van der Waals surface area contributed by atoms with E-state index in [0.717, 1.165) is 12.1 Å². The van der Waals surface area contributed by atoms with Crippen molar-refractivity contribution in [2.45, 2.75) is 6.92 Å². The SMILES string of the molecule is Cc1cc(C(=O)Nc2ccc(F)cc2C(=O)O)cc(Cl)n1. The Morgan fingerprint density at radius 2 is 2.00 bits per heavy atom. The van der Waals surface area contributed by atoms with E-state index in [0.29, 0.717) is 5.69 Å². The van der Waals surface area contributed by atoms with Crippen LogP contribution >= 0.6 is 11.6 Å². The van der Waals surface area contributed by atoms with Crippen LogP contribution in [-0.2, 0) is 0 Å². The van der Waals surface area contributed by atoms with Crippen molar-refractivity contribution in [3.63, 3.8) is 0 Å². The Bertz CT molecular complexity index is 714. The van der Waals surface area contributed by atoms with Crippen molar-refractivity contribution in [2.75, 3.05) is 5.32 Å². The van der Waals surface area contributed by atoms with E-state index in [9.17, 15) is 14.0 Å². The maximum Gasteiger partial charge on any atom is 0.337 e. The number of carbonyl (C=O) groups is 2. The van der Waals surface area contributed by atoms with Crippen LogP contribution in [0.3, 0.4) is 0 Å². The number of aromatic carboxylic acids is 1. The average molecular weight is 309 g/mol. The van der Waals surface area contributed by atoms with Gasteiger partial charge in [0.1, 0.15) is 11.0 Å². The van der Waals surface area contributed by atoms with E-state index in [1.54, 1.807) is 6.92 Å². The van der Waals surface area contributed by atoms with Crippen LogP contribution in [-0.4, -0.2) is 22.0 Å². The van der Waals surface area contributed by atoms with Crippen molar-refractivity contribution < 1.29 is 19.1 Å². The molecule has 0 saturated carbocycles. The molecule has 21 heavy (non-hydrogen) atoms. The molecule has 0 aliphatic carbocycles. The number of rotatable bonds is 3. The number of hydrogen-bond donors (Lipinski definition) is 2. The predicted molar refractivity (Wildman–Crippen MR) is 75.3 cm³/mol. The van der Waals surface area contributed by atoms with Gasteiger partial charge < -0.3 is 10.4 Å². The third-order valence-corrected chi connectivity index (χ3v) is 2.84. The molecule has 0 fully saturated rings. The first-order valence-corrected chi connectivity index (χ1v) is 6.23. The Kier molecular flexibility index (Phi) is 4.18. The summed E-state index contributed by atoms with van der Waals surface area (Å²) in [6.07, 6.45) is 0. The number of nitrogens with zero attached hydrogens (tertiary/aromatic N) is 1. The molecule has 1 aromatic carbocycles. The van der Waals surface area contributed by atoms with E-state index >= 15 is 0 Å². The summed E-state index contributed by atoms with van der Waals surface area (Å²) in [4.78, 5) is 27.1. The largest absolute Gasteiger partial charge is 0.478 e. The number of benzene rings is 1. The van der Waals surface area contributed by atoms with E-state index in [1.165, 1.54) is 18.2 Å².